The first-order valence-electron chi connectivity index (χ1n) is 9.34. The summed E-state index contributed by atoms with van der Waals surface area (Å²) in [6.07, 6.45) is 3.69. The number of amides is 2. The fourth-order valence-electron chi connectivity index (χ4n) is 3.22. The topological polar surface area (TPSA) is 106 Å². The molecule has 1 aromatic carbocycles. The van der Waals surface area contributed by atoms with Crippen molar-refractivity contribution in [3.05, 3.63) is 53.7 Å². The molecule has 1 heterocycles. The van der Waals surface area contributed by atoms with Gasteiger partial charge >= 0.3 is 0 Å². The highest BCUT2D eigenvalue weighted by atomic mass is 19.1. The van der Waals surface area contributed by atoms with Crippen LogP contribution < -0.4 is 21.1 Å². The predicted octanol–water partition coefficient (Wildman–Crippen LogP) is 2.27. The molecule has 0 spiro atoms. The predicted molar refractivity (Wildman–Crippen MR) is 101 cm³/mol. The van der Waals surface area contributed by atoms with Gasteiger partial charge in [0.25, 0.3) is 5.91 Å². The van der Waals surface area contributed by atoms with Gasteiger partial charge in [-0.3, -0.25) is 9.59 Å². The number of nitrogens with two attached hydrogens (primary N) is 1. The van der Waals surface area contributed by atoms with E-state index in [1.807, 2.05) is 0 Å². The van der Waals surface area contributed by atoms with Gasteiger partial charge in [-0.15, -0.1) is 0 Å². The molecule has 0 atom stereocenters. The van der Waals surface area contributed by atoms with E-state index in [4.69, 9.17) is 10.5 Å². The molecule has 0 unspecified atom stereocenters. The van der Waals surface area contributed by atoms with Crippen molar-refractivity contribution in [2.24, 2.45) is 5.73 Å². The standard InChI is InChI=1S/C20H22F2N4O3/c21-12-1-7-16(8-2-12)29-20-17(9-13(22)11-24-20)19(28)26-15-5-3-14(4-6-15)25-18(27)10-23/h1-2,7-9,11,14-15H,3-6,10,23H2,(H,25,27)(H,26,28). The molecule has 1 aliphatic rings. The van der Waals surface area contributed by atoms with E-state index in [2.05, 4.69) is 15.6 Å². The van der Waals surface area contributed by atoms with Crippen LogP contribution in [0.2, 0.25) is 0 Å². The fourth-order valence-corrected chi connectivity index (χ4v) is 3.22. The highest BCUT2D eigenvalue weighted by Gasteiger charge is 2.25. The third-order valence-corrected chi connectivity index (χ3v) is 4.70. The van der Waals surface area contributed by atoms with E-state index in [0.717, 1.165) is 12.3 Å². The summed E-state index contributed by atoms with van der Waals surface area (Å²) in [5, 5.41) is 5.70. The molecule has 0 radical (unpaired) electrons. The van der Waals surface area contributed by atoms with E-state index in [9.17, 15) is 18.4 Å². The summed E-state index contributed by atoms with van der Waals surface area (Å²) < 4.78 is 32.3. The average Bonchev–Trinajstić information content (AvgIpc) is 2.72. The lowest BCUT2D eigenvalue weighted by molar-refractivity contribution is -0.120. The van der Waals surface area contributed by atoms with Gasteiger partial charge in [0.05, 0.1) is 12.7 Å². The van der Waals surface area contributed by atoms with Gasteiger partial charge < -0.3 is 21.1 Å². The van der Waals surface area contributed by atoms with E-state index in [1.54, 1.807) is 0 Å². The van der Waals surface area contributed by atoms with Crippen molar-refractivity contribution in [3.63, 3.8) is 0 Å². The molecule has 1 aromatic heterocycles. The second-order valence-electron chi connectivity index (χ2n) is 6.86. The summed E-state index contributed by atoms with van der Waals surface area (Å²) in [5.74, 6) is -1.61. The Bertz CT molecular complexity index is 869. The molecule has 3 rings (SSSR count). The third-order valence-electron chi connectivity index (χ3n) is 4.70. The van der Waals surface area contributed by atoms with Crippen LogP contribution in [-0.2, 0) is 4.79 Å². The molecule has 2 amide bonds. The lowest BCUT2D eigenvalue weighted by atomic mass is 9.91. The molecular weight excluding hydrogens is 382 g/mol. The van der Waals surface area contributed by atoms with Crippen molar-refractivity contribution in [3.8, 4) is 11.6 Å². The first kappa shape index (κ1) is 20.7. The molecule has 0 bridgehead atoms. The van der Waals surface area contributed by atoms with Crippen molar-refractivity contribution >= 4 is 11.8 Å². The number of pyridine rings is 1. The van der Waals surface area contributed by atoms with Crippen molar-refractivity contribution < 1.29 is 23.1 Å². The molecule has 154 valence electrons. The molecule has 29 heavy (non-hydrogen) atoms. The molecular formula is C20H22F2N4O3. The number of halogens is 2. The molecule has 2 aromatic rings. The summed E-state index contributed by atoms with van der Waals surface area (Å²) in [6.45, 7) is -0.0555. The van der Waals surface area contributed by atoms with Gasteiger partial charge in [0, 0.05) is 12.1 Å². The second-order valence-corrected chi connectivity index (χ2v) is 6.86. The number of hydrogen-bond acceptors (Lipinski definition) is 5. The highest BCUT2D eigenvalue weighted by molar-refractivity contribution is 5.96. The molecule has 1 aliphatic carbocycles. The number of nitrogens with zero attached hydrogens (tertiary/aromatic N) is 1. The molecule has 0 aliphatic heterocycles. The van der Waals surface area contributed by atoms with Crippen LogP contribution in [0.5, 0.6) is 11.6 Å². The van der Waals surface area contributed by atoms with Gasteiger partial charge in [-0.05, 0) is 56.0 Å². The first-order valence-corrected chi connectivity index (χ1v) is 9.34. The van der Waals surface area contributed by atoms with Crippen molar-refractivity contribution in [2.45, 2.75) is 37.8 Å². The monoisotopic (exact) mass is 404 g/mol. The van der Waals surface area contributed by atoms with Crippen molar-refractivity contribution in [2.75, 3.05) is 6.54 Å². The van der Waals surface area contributed by atoms with Crippen molar-refractivity contribution in [1.29, 1.82) is 0 Å². The Kier molecular flexibility index (Phi) is 6.71. The largest absolute Gasteiger partial charge is 0.438 e. The first-order chi connectivity index (χ1) is 13.9. The summed E-state index contributed by atoms with van der Waals surface area (Å²) in [7, 11) is 0. The zero-order valence-electron chi connectivity index (χ0n) is 15.7. The Morgan fingerprint density at radius 1 is 1.03 bits per heavy atom. The van der Waals surface area contributed by atoms with Gasteiger partial charge in [-0.2, -0.15) is 0 Å². The number of nitrogens with one attached hydrogen (secondary N) is 2. The summed E-state index contributed by atoms with van der Waals surface area (Å²) in [5.41, 5.74) is 5.25. The minimum absolute atomic E-state index is 0.0346. The van der Waals surface area contributed by atoms with E-state index >= 15 is 0 Å². The zero-order valence-corrected chi connectivity index (χ0v) is 15.7. The SMILES string of the molecule is NCC(=O)NC1CCC(NC(=O)c2cc(F)cnc2Oc2ccc(F)cc2)CC1. The minimum atomic E-state index is -0.671. The van der Waals surface area contributed by atoms with Gasteiger partial charge in [0.1, 0.15) is 22.9 Å². The lowest BCUT2D eigenvalue weighted by Crippen LogP contribution is -2.45. The summed E-state index contributed by atoms with van der Waals surface area (Å²) in [6, 6.07) is 6.16. The maximum Gasteiger partial charge on any atom is 0.257 e. The number of benzene rings is 1. The van der Waals surface area contributed by atoms with Crippen LogP contribution in [0.4, 0.5) is 8.78 Å². The van der Waals surface area contributed by atoms with Gasteiger partial charge in [0.2, 0.25) is 11.8 Å². The number of aromatic nitrogens is 1. The third kappa shape index (κ3) is 5.71. The Labute approximate surface area is 166 Å². The van der Waals surface area contributed by atoms with E-state index in [-0.39, 0.29) is 41.7 Å². The quantitative estimate of drug-likeness (QED) is 0.685. The van der Waals surface area contributed by atoms with Crippen LogP contribution in [0, 0.1) is 11.6 Å². The molecule has 1 saturated carbocycles. The van der Waals surface area contributed by atoms with Crippen LogP contribution in [0.1, 0.15) is 36.0 Å². The maximum atomic E-state index is 13.7. The number of ether oxygens (including phenoxy) is 1. The lowest BCUT2D eigenvalue weighted by Gasteiger charge is -2.29. The number of hydrogen-bond donors (Lipinski definition) is 3. The normalized spacial score (nSPS) is 18.7. The Morgan fingerprint density at radius 2 is 1.66 bits per heavy atom. The highest BCUT2D eigenvalue weighted by Crippen LogP contribution is 2.25. The van der Waals surface area contributed by atoms with Gasteiger partial charge in [0.15, 0.2) is 0 Å². The summed E-state index contributed by atoms with van der Waals surface area (Å²) in [4.78, 5) is 27.9. The van der Waals surface area contributed by atoms with E-state index in [0.29, 0.717) is 25.7 Å². The van der Waals surface area contributed by atoms with Crippen LogP contribution in [0.15, 0.2) is 36.5 Å². The van der Waals surface area contributed by atoms with E-state index in [1.165, 1.54) is 24.3 Å². The van der Waals surface area contributed by atoms with Crippen molar-refractivity contribution in [1.82, 2.24) is 15.6 Å². The molecule has 1 fully saturated rings. The van der Waals surface area contributed by atoms with E-state index < -0.39 is 17.5 Å². The number of carbonyl (C=O) groups is 2. The molecule has 7 nitrogen and oxygen atoms in total. The molecule has 0 saturated heterocycles. The zero-order chi connectivity index (χ0) is 20.8. The van der Waals surface area contributed by atoms with Gasteiger partial charge in [-0.25, -0.2) is 13.8 Å². The van der Waals surface area contributed by atoms with Crippen LogP contribution in [0.3, 0.4) is 0 Å². The number of carbonyl (C=O) groups excluding carboxylic acids is 2. The Morgan fingerprint density at radius 3 is 2.28 bits per heavy atom. The smallest absolute Gasteiger partial charge is 0.257 e. The van der Waals surface area contributed by atoms with Gasteiger partial charge in [-0.1, -0.05) is 0 Å². The van der Waals surface area contributed by atoms with Crippen LogP contribution in [0.25, 0.3) is 0 Å². The number of rotatable bonds is 6. The average molecular weight is 404 g/mol. The Hall–Kier alpha value is -3.07. The minimum Gasteiger partial charge on any atom is -0.438 e. The maximum absolute atomic E-state index is 13.7. The Balaban J connectivity index is 1.64. The molecule has 4 N–H and O–H groups in total. The molecule has 9 heteroatoms. The van der Waals surface area contributed by atoms with Crippen LogP contribution in [-0.4, -0.2) is 35.4 Å². The fraction of sp³-hybridized carbons (Fsp3) is 0.350. The van der Waals surface area contributed by atoms with Crippen LogP contribution >= 0.6 is 0 Å². The summed E-state index contributed by atoms with van der Waals surface area (Å²) >= 11 is 0. The second kappa shape index (κ2) is 9.42.